The fourth-order valence-corrected chi connectivity index (χ4v) is 2.85. The van der Waals surface area contributed by atoms with E-state index < -0.39 is 0 Å². The topological polar surface area (TPSA) is 65.4 Å². The van der Waals surface area contributed by atoms with E-state index in [0.29, 0.717) is 12.4 Å². The molecule has 2 N–H and O–H groups in total. The number of carbonyl (C=O) groups is 1. The first-order valence-corrected chi connectivity index (χ1v) is 8.62. The summed E-state index contributed by atoms with van der Waals surface area (Å²) in [5.41, 5.74) is 2.39. The molecule has 2 heterocycles. The van der Waals surface area contributed by atoms with Gasteiger partial charge in [-0.25, -0.2) is 4.79 Å². The minimum atomic E-state index is -0.250. The van der Waals surface area contributed by atoms with Crippen molar-refractivity contribution >= 4 is 11.8 Å². The van der Waals surface area contributed by atoms with Crippen LogP contribution in [0.25, 0.3) is 0 Å². The monoisotopic (exact) mass is 342 g/mol. The Morgan fingerprint density at radius 3 is 2.36 bits per heavy atom. The average Bonchev–Trinajstić information content (AvgIpc) is 3.01. The highest BCUT2D eigenvalue weighted by molar-refractivity contribution is 5.88. The summed E-state index contributed by atoms with van der Waals surface area (Å²) in [5, 5.41) is 9.67. The molecule has 0 spiro atoms. The van der Waals surface area contributed by atoms with Gasteiger partial charge in [-0.3, -0.25) is 14.9 Å². The molecule has 0 aliphatic carbocycles. The maximum atomic E-state index is 11.9. The molecule has 0 unspecified atom stereocenters. The molecular weight excluding hydrogens is 316 g/mol. The predicted octanol–water partition coefficient (Wildman–Crippen LogP) is 1.49. The zero-order valence-corrected chi connectivity index (χ0v) is 14.9. The summed E-state index contributed by atoms with van der Waals surface area (Å²) in [4.78, 5) is 16.7. The lowest BCUT2D eigenvalue weighted by Gasteiger charge is -2.32. The van der Waals surface area contributed by atoms with Gasteiger partial charge in [0.2, 0.25) is 0 Å². The molecule has 1 aromatic heterocycles. The largest absolute Gasteiger partial charge is 0.334 e. The minimum absolute atomic E-state index is 0.250. The molecule has 1 fully saturated rings. The standard InChI is InChI=1S/C18H26N6O/c1-22-9-11-24(12-10-22)14-16-5-3-15(4-6-16)13-19-18(25)20-17-7-8-23(2)21-17/h3-8H,9-14H2,1-2H3,(H2,19,20,21,25). The molecule has 1 aliphatic rings. The minimum Gasteiger partial charge on any atom is -0.334 e. The lowest BCUT2D eigenvalue weighted by molar-refractivity contribution is 0.148. The van der Waals surface area contributed by atoms with E-state index in [-0.39, 0.29) is 6.03 Å². The highest BCUT2D eigenvalue weighted by Gasteiger charge is 2.13. The number of amides is 2. The number of anilines is 1. The Kier molecular flexibility index (Phi) is 5.67. The number of hydrogen-bond donors (Lipinski definition) is 2. The zero-order valence-electron chi connectivity index (χ0n) is 14.9. The molecular formula is C18H26N6O. The molecule has 7 nitrogen and oxygen atoms in total. The van der Waals surface area contributed by atoms with Gasteiger partial charge in [-0.2, -0.15) is 5.10 Å². The van der Waals surface area contributed by atoms with Crippen molar-refractivity contribution in [3.05, 3.63) is 47.7 Å². The third-order valence-corrected chi connectivity index (χ3v) is 4.43. The van der Waals surface area contributed by atoms with Crippen LogP contribution in [0, 0.1) is 0 Å². The Bertz CT molecular complexity index is 688. The maximum Gasteiger partial charge on any atom is 0.320 e. The molecule has 2 aromatic rings. The lowest BCUT2D eigenvalue weighted by Crippen LogP contribution is -2.43. The van der Waals surface area contributed by atoms with Gasteiger partial charge in [-0.15, -0.1) is 0 Å². The molecule has 1 aromatic carbocycles. The Balaban J connectivity index is 1.43. The second-order valence-corrected chi connectivity index (χ2v) is 6.58. The van der Waals surface area contributed by atoms with Crippen LogP contribution >= 0.6 is 0 Å². The van der Waals surface area contributed by atoms with Crippen LogP contribution in [-0.2, 0) is 20.1 Å². The highest BCUT2D eigenvalue weighted by Crippen LogP contribution is 2.10. The highest BCUT2D eigenvalue weighted by atomic mass is 16.2. The molecule has 0 atom stereocenters. The fourth-order valence-electron chi connectivity index (χ4n) is 2.85. The Morgan fingerprint density at radius 2 is 1.72 bits per heavy atom. The number of aryl methyl sites for hydroxylation is 1. The van der Waals surface area contributed by atoms with Crippen molar-refractivity contribution in [3.8, 4) is 0 Å². The molecule has 1 saturated heterocycles. The number of nitrogens with zero attached hydrogens (tertiary/aromatic N) is 4. The second-order valence-electron chi connectivity index (χ2n) is 6.58. The molecule has 25 heavy (non-hydrogen) atoms. The van der Waals surface area contributed by atoms with E-state index in [4.69, 9.17) is 0 Å². The Labute approximate surface area is 148 Å². The molecule has 134 valence electrons. The number of piperazine rings is 1. The Hall–Kier alpha value is -2.38. The van der Waals surface area contributed by atoms with E-state index in [0.717, 1.165) is 38.3 Å². The first kappa shape index (κ1) is 17.4. The van der Waals surface area contributed by atoms with Crippen molar-refractivity contribution in [2.75, 3.05) is 38.5 Å². The van der Waals surface area contributed by atoms with E-state index >= 15 is 0 Å². The summed E-state index contributed by atoms with van der Waals surface area (Å²) in [5.74, 6) is 0.544. The lowest BCUT2D eigenvalue weighted by atomic mass is 10.1. The fraction of sp³-hybridized carbons (Fsp3) is 0.444. The van der Waals surface area contributed by atoms with Crippen molar-refractivity contribution in [2.45, 2.75) is 13.1 Å². The van der Waals surface area contributed by atoms with Gasteiger partial charge >= 0.3 is 6.03 Å². The molecule has 0 bridgehead atoms. The quantitative estimate of drug-likeness (QED) is 0.864. The van der Waals surface area contributed by atoms with Gasteiger partial charge in [0.1, 0.15) is 0 Å². The van der Waals surface area contributed by atoms with Crippen LogP contribution in [-0.4, -0.2) is 58.8 Å². The van der Waals surface area contributed by atoms with Crippen molar-refractivity contribution in [1.82, 2.24) is 24.9 Å². The summed E-state index contributed by atoms with van der Waals surface area (Å²) >= 11 is 0. The summed E-state index contributed by atoms with van der Waals surface area (Å²) in [6, 6.07) is 9.95. The molecule has 2 amide bonds. The van der Waals surface area contributed by atoms with E-state index in [9.17, 15) is 4.79 Å². The first-order valence-electron chi connectivity index (χ1n) is 8.62. The number of aromatic nitrogens is 2. The van der Waals surface area contributed by atoms with Gasteiger partial charge in [-0.05, 0) is 18.2 Å². The van der Waals surface area contributed by atoms with Crippen molar-refractivity contribution in [1.29, 1.82) is 0 Å². The van der Waals surface area contributed by atoms with Crippen LogP contribution in [0.4, 0.5) is 10.6 Å². The number of rotatable bonds is 5. The number of likely N-dealkylation sites (N-methyl/N-ethyl adjacent to an activating group) is 1. The van der Waals surface area contributed by atoms with E-state index in [1.807, 2.05) is 7.05 Å². The van der Waals surface area contributed by atoms with Crippen molar-refractivity contribution in [3.63, 3.8) is 0 Å². The predicted molar refractivity (Wildman–Crippen MR) is 98.3 cm³/mol. The van der Waals surface area contributed by atoms with E-state index in [1.54, 1.807) is 16.9 Å². The molecule has 1 aliphatic heterocycles. The van der Waals surface area contributed by atoms with Gasteiger partial charge in [0.05, 0.1) is 0 Å². The van der Waals surface area contributed by atoms with Crippen LogP contribution in [0.5, 0.6) is 0 Å². The third kappa shape index (κ3) is 5.30. The smallest absolute Gasteiger partial charge is 0.320 e. The summed E-state index contributed by atoms with van der Waals surface area (Å²) < 4.78 is 1.65. The number of nitrogens with one attached hydrogen (secondary N) is 2. The van der Waals surface area contributed by atoms with Crippen molar-refractivity contribution in [2.24, 2.45) is 7.05 Å². The number of urea groups is 1. The second kappa shape index (κ2) is 8.13. The number of carbonyl (C=O) groups excluding carboxylic acids is 1. The van der Waals surface area contributed by atoms with Crippen LogP contribution < -0.4 is 10.6 Å². The summed E-state index contributed by atoms with van der Waals surface area (Å²) in [6.07, 6.45) is 1.79. The van der Waals surface area contributed by atoms with Crippen molar-refractivity contribution < 1.29 is 4.79 Å². The van der Waals surface area contributed by atoms with Crippen LogP contribution in [0.1, 0.15) is 11.1 Å². The van der Waals surface area contributed by atoms with Crippen LogP contribution in [0.15, 0.2) is 36.5 Å². The van der Waals surface area contributed by atoms with E-state index in [1.165, 1.54) is 5.56 Å². The molecule has 0 saturated carbocycles. The third-order valence-electron chi connectivity index (χ3n) is 4.43. The van der Waals surface area contributed by atoms with Gasteiger partial charge in [0, 0.05) is 58.6 Å². The Morgan fingerprint density at radius 1 is 1.04 bits per heavy atom. The molecule has 7 heteroatoms. The summed E-state index contributed by atoms with van der Waals surface area (Å²) in [6.45, 7) is 5.98. The normalized spacial score (nSPS) is 15.9. The van der Waals surface area contributed by atoms with Gasteiger partial charge in [-0.1, -0.05) is 24.3 Å². The molecule has 3 rings (SSSR count). The average molecular weight is 342 g/mol. The first-order chi connectivity index (χ1) is 12.1. The SMILES string of the molecule is CN1CCN(Cc2ccc(CNC(=O)Nc3ccn(C)n3)cc2)CC1. The number of hydrogen-bond acceptors (Lipinski definition) is 4. The van der Waals surface area contributed by atoms with Gasteiger partial charge < -0.3 is 10.2 Å². The van der Waals surface area contributed by atoms with Gasteiger partial charge in [0.25, 0.3) is 0 Å². The zero-order chi connectivity index (χ0) is 17.6. The van der Waals surface area contributed by atoms with Crippen LogP contribution in [0.2, 0.25) is 0 Å². The van der Waals surface area contributed by atoms with Gasteiger partial charge in [0.15, 0.2) is 5.82 Å². The number of benzene rings is 1. The molecule has 0 radical (unpaired) electrons. The summed E-state index contributed by atoms with van der Waals surface area (Å²) in [7, 11) is 3.98. The van der Waals surface area contributed by atoms with Crippen LogP contribution in [0.3, 0.4) is 0 Å². The van der Waals surface area contributed by atoms with E-state index in [2.05, 4.69) is 56.8 Å². The maximum absolute atomic E-state index is 11.9.